The minimum absolute atomic E-state index is 0.0791. The van der Waals surface area contributed by atoms with E-state index in [1.54, 1.807) is 7.05 Å². The van der Waals surface area contributed by atoms with Crippen LogP contribution in [0.5, 0.6) is 0 Å². The van der Waals surface area contributed by atoms with Crippen LogP contribution < -0.4 is 5.32 Å². The molecule has 0 radical (unpaired) electrons. The molecule has 1 heterocycles. The molecule has 1 aliphatic heterocycles. The summed E-state index contributed by atoms with van der Waals surface area (Å²) in [5.41, 5.74) is 1.80. The van der Waals surface area contributed by atoms with Gasteiger partial charge in [-0.1, -0.05) is 12.1 Å². The highest BCUT2D eigenvalue weighted by atomic mass is 16.5. The summed E-state index contributed by atoms with van der Waals surface area (Å²) in [6.45, 7) is 2.74. The summed E-state index contributed by atoms with van der Waals surface area (Å²) in [4.78, 5) is 13.7. The van der Waals surface area contributed by atoms with Crippen LogP contribution >= 0.6 is 0 Å². The lowest BCUT2D eigenvalue weighted by Gasteiger charge is -2.31. The predicted octanol–water partition coefficient (Wildman–Crippen LogP) is 0.505. The maximum atomic E-state index is 11.5. The van der Waals surface area contributed by atoms with E-state index in [1.807, 2.05) is 24.3 Å². The monoisotopic (exact) mass is 259 g/mol. The highest BCUT2D eigenvalue weighted by Crippen LogP contribution is 2.11. The van der Waals surface area contributed by atoms with E-state index in [0.29, 0.717) is 18.7 Å². The fourth-order valence-electron chi connectivity index (χ4n) is 2.11. The molecule has 1 unspecified atom stereocenters. The van der Waals surface area contributed by atoms with Crippen molar-refractivity contribution >= 4 is 5.91 Å². The van der Waals surface area contributed by atoms with Gasteiger partial charge in [-0.15, -0.1) is 0 Å². The van der Waals surface area contributed by atoms with E-state index in [1.165, 1.54) is 0 Å². The minimum Gasteiger partial charge on any atom is -0.366 e. The summed E-state index contributed by atoms with van der Waals surface area (Å²) < 4.78 is 5.44. The Balaban J connectivity index is 1.94. The number of benzene rings is 1. The van der Waals surface area contributed by atoms with E-state index in [4.69, 9.17) is 10.00 Å². The van der Waals surface area contributed by atoms with Gasteiger partial charge in [-0.2, -0.15) is 5.26 Å². The van der Waals surface area contributed by atoms with Gasteiger partial charge in [0.1, 0.15) is 6.10 Å². The van der Waals surface area contributed by atoms with Crippen LogP contribution in [-0.2, 0) is 16.1 Å². The molecule has 1 amide bonds. The number of nitriles is 1. The Bertz CT molecular complexity index is 478. The zero-order valence-electron chi connectivity index (χ0n) is 10.9. The van der Waals surface area contributed by atoms with Crippen LogP contribution in [0.4, 0.5) is 0 Å². The van der Waals surface area contributed by atoms with Crippen LogP contribution in [0.15, 0.2) is 24.3 Å². The Labute approximate surface area is 112 Å². The molecule has 1 saturated heterocycles. The zero-order valence-corrected chi connectivity index (χ0v) is 10.9. The Hall–Kier alpha value is -1.90. The van der Waals surface area contributed by atoms with Crippen molar-refractivity contribution in [2.24, 2.45) is 0 Å². The van der Waals surface area contributed by atoms with Gasteiger partial charge in [-0.05, 0) is 17.7 Å². The second-order valence-electron chi connectivity index (χ2n) is 4.52. The van der Waals surface area contributed by atoms with E-state index in [-0.39, 0.29) is 5.91 Å². The lowest BCUT2D eigenvalue weighted by molar-refractivity contribution is -0.138. The predicted molar refractivity (Wildman–Crippen MR) is 70.2 cm³/mol. The van der Waals surface area contributed by atoms with Crippen LogP contribution in [0.25, 0.3) is 0 Å². The first kappa shape index (κ1) is 13.5. The molecular weight excluding hydrogens is 242 g/mol. The van der Waals surface area contributed by atoms with Crippen LogP contribution in [0, 0.1) is 11.3 Å². The smallest absolute Gasteiger partial charge is 0.250 e. The standard InChI is InChI=1S/C14H17N3O2/c1-16-14(18)13-10-17(6-7-19-13)9-12-4-2-11(8-15)3-5-12/h2-5,13H,6-7,9-10H2,1H3,(H,16,18). The number of ether oxygens (including phenoxy) is 1. The van der Waals surface area contributed by atoms with Crippen LogP contribution in [0.1, 0.15) is 11.1 Å². The molecule has 1 aromatic carbocycles. The van der Waals surface area contributed by atoms with Crippen molar-refractivity contribution in [3.63, 3.8) is 0 Å². The number of likely N-dealkylation sites (N-methyl/N-ethyl adjacent to an activating group) is 1. The van der Waals surface area contributed by atoms with Gasteiger partial charge >= 0.3 is 0 Å². The number of carbonyl (C=O) groups is 1. The molecule has 2 rings (SSSR count). The molecule has 0 bridgehead atoms. The largest absolute Gasteiger partial charge is 0.366 e. The third-order valence-corrected chi connectivity index (χ3v) is 3.18. The van der Waals surface area contributed by atoms with E-state index in [0.717, 1.165) is 18.7 Å². The van der Waals surface area contributed by atoms with Gasteiger partial charge in [0.2, 0.25) is 5.91 Å². The Kier molecular flexibility index (Phi) is 4.50. The second kappa shape index (κ2) is 6.32. The SMILES string of the molecule is CNC(=O)C1CN(Cc2ccc(C#N)cc2)CCO1. The van der Waals surface area contributed by atoms with Crippen molar-refractivity contribution in [3.05, 3.63) is 35.4 Å². The fourth-order valence-corrected chi connectivity index (χ4v) is 2.11. The van der Waals surface area contributed by atoms with E-state index >= 15 is 0 Å². The first-order chi connectivity index (χ1) is 9.22. The Morgan fingerprint density at radius 3 is 2.89 bits per heavy atom. The van der Waals surface area contributed by atoms with Gasteiger partial charge in [0.25, 0.3) is 0 Å². The lowest BCUT2D eigenvalue weighted by atomic mass is 10.1. The number of morpholine rings is 1. The number of amides is 1. The molecule has 5 heteroatoms. The normalized spacial score (nSPS) is 19.7. The van der Waals surface area contributed by atoms with E-state index < -0.39 is 6.10 Å². The molecule has 1 aliphatic rings. The van der Waals surface area contributed by atoms with Gasteiger partial charge in [0, 0.05) is 26.7 Å². The highest BCUT2D eigenvalue weighted by Gasteiger charge is 2.25. The van der Waals surface area contributed by atoms with Crippen LogP contribution in [0.2, 0.25) is 0 Å². The van der Waals surface area contributed by atoms with Crippen LogP contribution in [-0.4, -0.2) is 43.7 Å². The van der Waals surface area contributed by atoms with Crippen molar-refractivity contribution in [1.29, 1.82) is 5.26 Å². The van der Waals surface area contributed by atoms with Crippen LogP contribution in [0.3, 0.4) is 0 Å². The summed E-state index contributed by atoms with van der Waals surface area (Å²) in [5, 5.41) is 11.4. The van der Waals surface area contributed by atoms with Gasteiger partial charge in [0.15, 0.2) is 0 Å². The maximum Gasteiger partial charge on any atom is 0.250 e. The van der Waals surface area contributed by atoms with Crippen molar-refractivity contribution < 1.29 is 9.53 Å². The molecule has 5 nitrogen and oxygen atoms in total. The molecule has 0 aromatic heterocycles. The number of carbonyl (C=O) groups excluding carboxylic acids is 1. The van der Waals surface area contributed by atoms with Gasteiger partial charge in [-0.25, -0.2) is 0 Å². The van der Waals surface area contributed by atoms with Gasteiger partial charge in [-0.3, -0.25) is 9.69 Å². The summed E-state index contributed by atoms with van der Waals surface area (Å²) >= 11 is 0. The summed E-state index contributed by atoms with van der Waals surface area (Å²) in [5.74, 6) is -0.0791. The molecule has 0 aliphatic carbocycles. The average Bonchev–Trinajstić information content (AvgIpc) is 2.47. The second-order valence-corrected chi connectivity index (χ2v) is 4.52. The van der Waals surface area contributed by atoms with Gasteiger partial charge in [0.05, 0.1) is 18.2 Å². The molecule has 0 saturated carbocycles. The first-order valence-corrected chi connectivity index (χ1v) is 6.27. The molecule has 0 spiro atoms. The summed E-state index contributed by atoms with van der Waals surface area (Å²) in [6, 6.07) is 9.62. The quantitative estimate of drug-likeness (QED) is 0.858. The maximum absolute atomic E-state index is 11.5. The third kappa shape index (κ3) is 3.53. The van der Waals surface area contributed by atoms with E-state index in [2.05, 4.69) is 16.3 Å². The van der Waals surface area contributed by atoms with Crippen molar-refractivity contribution in [1.82, 2.24) is 10.2 Å². The molecule has 1 atom stereocenters. The van der Waals surface area contributed by atoms with E-state index in [9.17, 15) is 4.79 Å². The topological polar surface area (TPSA) is 65.4 Å². The molecule has 1 N–H and O–H groups in total. The Morgan fingerprint density at radius 1 is 1.53 bits per heavy atom. The molecule has 1 fully saturated rings. The number of hydrogen-bond donors (Lipinski definition) is 1. The average molecular weight is 259 g/mol. The molecular formula is C14H17N3O2. The minimum atomic E-state index is -0.392. The Morgan fingerprint density at radius 2 is 2.26 bits per heavy atom. The molecule has 1 aromatic rings. The number of nitrogens with one attached hydrogen (secondary N) is 1. The first-order valence-electron chi connectivity index (χ1n) is 6.27. The van der Waals surface area contributed by atoms with Crippen molar-refractivity contribution in [2.45, 2.75) is 12.6 Å². The number of rotatable bonds is 3. The number of hydrogen-bond acceptors (Lipinski definition) is 4. The third-order valence-electron chi connectivity index (χ3n) is 3.18. The molecule has 19 heavy (non-hydrogen) atoms. The van der Waals surface area contributed by atoms with Gasteiger partial charge < -0.3 is 10.1 Å². The summed E-state index contributed by atoms with van der Waals surface area (Å²) in [6.07, 6.45) is -0.392. The lowest BCUT2D eigenvalue weighted by Crippen LogP contribution is -2.48. The van der Waals surface area contributed by atoms with Crippen molar-refractivity contribution in [2.75, 3.05) is 26.7 Å². The fraction of sp³-hybridized carbons (Fsp3) is 0.429. The highest BCUT2D eigenvalue weighted by molar-refractivity contribution is 5.80. The molecule has 100 valence electrons. The number of nitrogens with zero attached hydrogens (tertiary/aromatic N) is 2. The van der Waals surface area contributed by atoms with Crippen molar-refractivity contribution in [3.8, 4) is 6.07 Å². The summed E-state index contributed by atoms with van der Waals surface area (Å²) in [7, 11) is 1.62. The zero-order chi connectivity index (χ0) is 13.7.